The van der Waals surface area contributed by atoms with Gasteiger partial charge >= 0.3 is 0 Å². The molecule has 4 rings (SSSR count). The molecule has 0 radical (unpaired) electrons. The minimum absolute atomic E-state index is 0.0404. The van der Waals surface area contributed by atoms with E-state index in [2.05, 4.69) is 0 Å². The number of likely N-dealkylation sites (tertiary alicyclic amines) is 1. The third kappa shape index (κ3) is 2.28. The fraction of sp³-hybridized carbons (Fsp3) is 0.588. The molecule has 1 aromatic rings. The number of benzene rings is 1. The van der Waals surface area contributed by atoms with E-state index in [-0.39, 0.29) is 30.4 Å². The van der Waals surface area contributed by atoms with Crippen LogP contribution in [0.4, 0.5) is 0 Å². The smallest absolute Gasteiger partial charge is 0.254 e. The second-order valence-corrected chi connectivity index (χ2v) is 6.53. The van der Waals surface area contributed by atoms with Crippen molar-refractivity contribution in [3.63, 3.8) is 0 Å². The Morgan fingerprint density at radius 3 is 3.00 bits per heavy atom. The van der Waals surface area contributed by atoms with Gasteiger partial charge in [0.15, 0.2) is 11.5 Å². The molecule has 1 amide bonds. The Bertz CT molecular complexity index is 633. The van der Waals surface area contributed by atoms with E-state index in [1.807, 2.05) is 4.90 Å². The van der Waals surface area contributed by atoms with Crippen molar-refractivity contribution in [2.24, 2.45) is 0 Å². The van der Waals surface area contributed by atoms with E-state index in [4.69, 9.17) is 14.2 Å². The van der Waals surface area contributed by atoms with E-state index in [1.54, 1.807) is 25.3 Å². The number of hydrogen-bond acceptors (Lipinski definition) is 5. The molecule has 3 aliphatic rings. The Hall–Kier alpha value is -1.79. The fourth-order valence-electron chi connectivity index (χ4n) is 4.11. The quantitative estimate of drug-likeness (QED) is 0.896. The Labute approximate surface area is 134 Å². The summed E-state index contributed by atoms with van der Waals surface area (Å²) in [6, 6.07) is 5.19. The second-order valence-electron chi connectivity index (χ2n) is 6.53. The average Bonchev–Trinajstić information content (AvgIpc) is 3.18. The molecule has 23 heavy (non-hydrogen) atoms. The minimum atomic E-state index is -0.367. The molecule has 6 nitrogen and oxygen atoms in total. The third-order valence-corrected chi connectivity index (χ3v) is 5.44. The molecular formula is C17H21NO5. The number of nitrogens with zero attached hydrogens (tertiary/aromatic N) is 1. The number of fused-ring (bicyclic) bond motifs is 2. The molecule has 0 unspecified atom stereocenters. The number of amides is 1. The van der Waals surface area contributed by atoms with Crippen LogP contribution in [0, 0.1) is 0 Å². The van der Waals surface area contributed by atoms with Crippen molar-refractivity contribution in [3.8, 4) is 11.5 Å². The molecule has 0 spiro atoms. The molecule has 1 saturated heterocycles. The molecule has 1 aromatic carbocycles. The molecular weight excluding hydrogens is 298 g/mol. The summed E-state index contributed by atoms with van der Waals surface area (Å²) in [5, 5.41) is 10.0. The number of rotatable bonds is 2. The van der Waals surface area contributed by atoms with Gasteiger partial charge in [0.25, 0.3) is 5.91 Å². The van der Waals surface area contributed by atoms with Crippen LogP contribution < -0.4 is 9.47 Å². The number of aliphatic hydroxyl groups excluding tert-OH is 1. The van der Waals surface area contributed by atoms with Crippen LogP contribution in [-0.2, 0) is 4.74 Å². The maximum atomic E-state index is 13.0. The normalized spacial score (nSPS) is 32.0. The van der Waals surface area contributed by atoms with Crippen molar-refractivity contribution in [2.75, 3.05) is 20.4 Å². The van der Waals surface area contributed by atoms with Crippen molar-refractivity contribution >= 4 is 5.91 Å². The van der Waals surface area contributed by atoms with Crippen LogP contribution in [0.3, 0.4) is 0 Å². The first kappa shape index (κ1) is 14.8. The van der Waals surface area contributed by atoms with Gasteiger partial charge in [-0.1, -0.05) is 0 Å². The molecule has 1 aliphatic carbocycles. The van der Waals surface area contributed by atoms with Crippen LogP contribution in [0.25, 0.3) is 0 Å². The lowest BCUT2D eigenvalue weighted by atomic mass is 9.79. The third-order valence-electron chi connectivity index (χ3n) is 5.44. The molecule has 1 N–H and O–H groups in total. The highest BCUT2D eigenvalue weighted by atomic mass is 16.7. The molecule has 0 bridgehead atoms. The van der Waals surface area contributed by atoms with Gasteiger partial charge in [0, 0.05) is 19.2 Å². The summed E-state index contributed by atoms with van der Waals surface area (Å²) in [5.41, 5.74) is 0.270. The molecule has 2 heterocycles. The second kappa shape index (κ2) is 5.39. The zero-order chi connectivity index (χ0) is 16.0. The summed E-state index contributed by atoms with van der Waals surface area (Å²) in [6.45, 7) is 0.844. The van der Waals surface area contributed by atoms with Crippen LogP contribution in [0.2, 0.25) is 0 Å². The topological polar surface area (TPSA) is 68.2 Å². The standard InChI is InChI=1S/C17H21NO5/c1-21-17-5-4-12(19)9-15(17)18(7-6-17)16(20)11-2-3-13-14(8-11)23-10-22-13/h2-3,8,12,15,19H,4-7,9-10H2,1H3/t12-,15-,17+/m0/s1. The summed E-state index contributed by atoms with van der Waals surface area (Å²) < 4.78 is 16.4. The largest absolute Gasteiger partial charge is 0.454 e. The highest BCUT2D eigenvalue weighted by Crippen LogP contribution is 2.43. The van der Waals surface area contributed by atoms with Crippen molar-refractivity contribution in [1.82, 2.24) is 4.90 Å². The number of ether oxygens (including phenoxy) is 3. The summed E-state index contributed by atoms with van der Waals surface area (Å²) in [6.07, 6.45) is 2.55. The van der Waals surface area contributed by atoms with Gasteiger partial charge in [0.2, 0.25) is 6.79 Å². The van der Waals surface area contributed by atoms with E-state index < -0.39 is 0 Å². The summed E-state index contributed by atoms with van der Waals surface area (Å²) in [7, 11) is 1.71. The predicted octanol–water partition coefficient (Wildman–Crippen LogP) is 1.56. The lowest BCUT2D eigenvalue weighted by Crippen LogP contribution is -2.52. The summed E-state index contributed by atoms with van der Waals surface area (Å²) in [5.74, 6) is 1.24. The van der Waals surface area contributed by atoms with Crippen molar-refractivity contribution in [3.05, 3.63) is 23.8 Å². The van der Waals surface area contributed by atoms with Crippen LogP contribution in [0.5, 0.6) is 11.5 Å². The first-order chi connectivity index (χ1) is 11.1. The Balaban J connectivity index is 1.61. The number of aliphatic hydroxyl groups is 1. The van der Waals surface area contributed by atoms with Crippen molar-refractivity contribution < 1.29 is 24.1 Å². The average molecular weight is 319 g/mol. The van der Waals surface area contributed by atoms with Crippen LogP contribution in [0.15, 0.2) is 18.2 Å². The molecule has 2 fully saturated rings. The number of methoxy groups -OCH3 is 1. The van der Waals surface area contributed by atoms with E-state index in [0.29, 0.717) is 30.0 Å². The monoisotopic (exact) mass is 319 g/mol. The van der Waals surface area contributed by atoms with E-state index in [1.165, 1.54) is 0 Å². The van der Waals surface area contributed by atoms with Gasteiger partial charge < -0.3 is 24.2 Å². The van der Waals surface area contributed by atoms with Gasteiger partial charge in [-0.15, -0.1) is 0 Å². The molecule has 0 aromatic heterocycles. The maximum Gasteiger partial charge on any atom is 0.254 e. The van der Waals surface area contributed by atoms with Crippen molar-refractivity contribution in [1.29, 1.82) is 0 Å². The first-order valence-corrected chi connectivity index (χ1v) is 8.07. The zero-order valence-electron chi connectivity index (χ0n) is 13.2. The van der Waals surface area contributed by atoms with E-state index >= 15 is 0 Å². The molecule has 124 valence electrons. The van der Waals surface area contributed by atoms with Gasteiger partial charge in [-0.3, -0.25) is 4.79 Å². The molecule has 6 heteroatoms. The number of carbonyl (C=O) groups is 1. The molecule has 3 atom stereocenters. The van der Waals surface area contributed by atoms with Gasteiger partial charge in [-0.25, -0.2) is 0 Å². The number of hydrogen-bond donors (Lipinski definition) is 1. The van der Waals surface area contributed by atoms with Gasteiger partial charge in [0.05, 0.1) is 17.7 Å². The highest BCUT2D eigenvalue weighted by Gasteiger charge is 2.52. The van der Waals surface area contributed by atoms with Crippen molar-refractivity contribution in [2.45, 2.75) is 43.4 Å². The fourth-order valence-corrected chi connectivity index (χ4v) is 4.11. The Morgan fingerprint density at radius 2 is 2.17 bits per heavy atom. The maximum absolute atomic E-state index is 13.0. The first-order valence-electron chi connectivity index (χ1n) is 8.07. The molecule has 2 aliphatic heterocycles. The Kier molecular flexibility index (Phi) is 3.46. The predicted molar refractivity (Wildman–Crippen MR) is 81.6 cm³/mol. The van der Waals surface area contributed by atoms with E-state index in [0.717, 1.165) is 19.3 Å². The SMILES string of the molecule is CO[C@@]12CC[C@H](O)C[C@@H]1N(C(=O)c1ccc3c(c1)OCO3)CC2. The van der Waals surface area contributed by atoms with Crippen LogP contribution in [-0.4, -0.2) is 54.1 Å². The van der Waals surface area contributed by atoms with Gasteiger partial charge in [-0.05, 0) is 43.9 Å². The lowest BCUT2D eigenvalue weighted by molar-refractivity contribution is -0.0824. The highest BCUT2D eigenvalue weighted by molar-refractivity contribution is 5.95. The summed E-state index contributed by atoms with van der Waals surface area (Å²) in [4.78, 5) is 14.8. The zero-order valence-corrected chi connectivity index (χ0v) is 13.2. The minimum Gasteiger partial charge on any atom is -0.454 e. The van der Waals surface area contributed by atoms with Crippen LogP contribution in [0.1, 0.15) is 36.0 Å². The van der Waals surface area contributed by atoms with Crippen LogP contribution >= 0.6 is 0 Å². The number of carbonyl (C=O) groups excluding carboxylic acids is 1. The lowest BCUT2D eigenvalue weighted by Gasteiger charge is -2.42. The molecule has 1 saturated carbocycles. The van der Waals surface area contributed by atoms with Gasteiger partial charge in [-0.2, -0.15) is 0 Å². The summed E-state index contributed by atoms with van der Waals surface area (Å²) >= 11 is 0. The van der Waals surface area contributed by atoms with E-state index in [9.17, 15) is 9.90 Å². The van der Waals surface area contributed by atoms with Gasteiger partial charge in [0.1, 0.15) is 0 Å². The Morgan fingerprint density at radius 1 is 1.35 bits per heavy atom.